The van der Waals surface area contributed by atoms with Crippen LogP contribution in [0.4, 0.5) is 10.1 Å². The number of amides is 1. The normalized spacial score (nSPS) is 14.8. The Labute approximate surface area is 179 Å². The fourth-order valence-corrected chi connectivity index (χ4v) is 5.24. The van der Waals surface area contributed by atoms with E-state index in [1.165, 1.54) is 18.2 Å². The Hall–Kier alpha value is -2.91. The number of nitrogens with one attached hydrogen (secondary N) is 1. The molecule has 1 N–H and O–H groups in total. The van der Waals surface area contributed by atoms with Gasteiger partial charge in [-0.15, -0.1) is 0 Å². The number of furan rings is 1. The third-order valence-corrected chi connectivity index (χ3v) is 7.06. The van der Waals surface area contributed by atoms with Gasteiger partial charge in [0.15, 0.2) is 11.3 Å². The van der Waals surface area contributed by atoms with E-state index in [1.54, 1.807) is 25.7 Å². The summed E-state index contributed by atoms with van der Waals surface area (Å²) < 4.78 is 53.7. The third kappa shape index (κ3) is 3.90. The molecule has 9 heteroatoms. The minimum atomic E-state index is -4.12. The number of carbonyl (C=O) groups excluding carboxylic acids is 1. The Morgan fingerprint density at radius 3 is 2.48 bits per heavy atom. The molecule has 1 aromatic heterocycles. The lowest BCUT2D eigenvalue weighted by atomic mass is 10.0. The summed E-state index contributed by atoms with van der Waals surface area (Å²) in [5, 5.41) is 0.555. The van der Waals surface area contributed by atoms with Crippen molar-refractivity contribution in [3.63, 3.8) is 0 Å². The molecule has 1 aliphatic rings. The number of nitrogens with zero attached hydrogens (tertiary/aromatic N) is 1. The van der Waals surface area contributed by atoms with Crippen LogP contribution >= 0.6 is 0 Å². The maximum atomic E-state index is 13.6. The summed E-state index contributed by atoms with van der Waals surface area (Å²) in [6, 6.07) is 7.03. The Bertz CT molecular complexity index is 1280. The lowest BCUT2D eigenvalue weighted by Crippen LogP contribution is -2.40. The van der Waals surface area contributed by atoms with Gasteiger partial charge in [-0.05, 0) is 56.2 Å². The van der Waals surface area contributed by atoms with Gasteiger partial charge in [0.05, 0.1) is 18.9 Å². The molecule has 0 saturated carbocycles. The molecule has 0 spiro atoms. The molecule has 1 aliphatic heterocycles. The van der Waals surface area contributed by atoms with Crippen LogP contribution in [0.3, 0.4) is 0 Å². The standard InChI is InChI=1S/C22H23FN2O5S/c1-13-11-18-15(3)19(22(26)25-7-9-29-10-8-25)30-20(18)21(14(13)2)31(27,28)24-17-6-4-5-16(23)12-17/h4-6,11-12,24H,7-10H2,1-3H3. The molecular formula is C22H23FN2O5S. The second kappa shape index (κ2) is 7.97. The maximum Gasteiger partial charge on any atom is 0.290 e. The van der Waals surface area contributed by atoms with Crippen LogP contribution < -0.4 is 4.72 Å². The summed E-state index contributed by atoms with van der Waals surface area (Å²) in [5.74, 6) is -0.739. The zero-order valence-electron chi connectivity index (χ0n) is 17.5. The minimum absolute atomic E-state index is 0.0594. The molecular weight excluding hydrogens is 423 g/mol. The number of sulfonamides is 1. The molecule has 31 heavy (non-hydrogen) atoms. The lowest BCUT2D eigenvalue weighted by molar-refractivity contribution is 0.0283. The van der Waals surface area contributed by atoms with Crippen molar-refractivity contribution in [3.05, 3.63) is 58.6 Å². The van der Waals surface area contributed by atoms with Crippen LogP contribution in [0, 0.1) is 26.6 Å². The average molecular weight is 447 g/mol. The van der Waals surface area contributed by atoms with Crippen LogP contribution in [0.1, 0.15) is 27.2 Å². The Morgan fingerprint density at radius 2 is 1.81 bits per heavy atom. The SMILES string of the molecule is Cc1cc2c(C)c(C(=O)N3CCOCC3)oc2c(S(=O)(=O)Nc2cccc(F)c2)c1C. The predicted octanol–water partition coefficient (Wildman–Crippen LogP) is 3.77. The summed E-state index contributed by atoms with van der Waals surface area (Å²) in [5.41, 5.74) is 2.02. The second-order valence-corrected chi connectivity index (χ2v) is 9.22. The van der Waals surface area contributed by atoms with Crippen molar-refractivity contribution in [1.29, 1.82) is 0 Å². The number of ether oxygens (including phenoxy) is 1. The average Bonchev–Trinajstić information content (AvgIpc) is 3.04. The Morgan fingerprint density at radius 1 is 1.10 bits per heavy atom. The summed E-state index contributed by atoms with van der Waals surface area (Å²) in [6.45, 7) is 6.99. The van der Waals surface area contributed by atoms with Gasteiger partial charge in [-0.2, -0.15) is 0 Å². The topological polar surface area (TPSA) is 88.9 Å². The van der Waals surface area contributed by atoms with Crippen molar-refractivity contribution in [2.45, 2.75) is 25.7 Å². The number of hydrogen-bond donors (Lipinski definition) is 1. The molecule has 2 aromatic carbocycles. The van der Waals surface area contributed by atoms with E-state index < -0.39 is 15.8 Å². The summed E-state index contributed by atoms with van der Waals surface area (Å²) >= 11 is 0. The van der Waals surface area contributed by atoms with Gasteiger partial charge in [0.25, 0.3) is 15.9 Å². The van der Waals surface area contributed by atoms with Gasteiger partial charge in [0.1, 0.15) is 10.7 Å². The fraction of sp³-hybridized carbons (Fsp3) is 0.318. The first-order chi connectivity index (χ1) is 14.7. The molecule has 1 amide bonds. The van der Waals surface area contributed by atoms with Crippen molar-refractivity contribution in [1.82, 2.24) is 4.90 Å². The molecule has 0 unspecified atom stereocenters. The molecule has 7 nitrogen and oxygen atoms in total. The number of fused-ring (bicyclic) bond motifs is 1. The van der Waals surface area contributed by atoms with E-state index in [1.807, 2.05) is 6.07 Å². The smallest absolute Gasteiger partial charge is 0.290 e. The Kier molecular flexibility index (Phi) is 5.49. The highest BCUT2D eigenvalue weighted by Crippen LogP contribution is 2.36. The van der Waals surface area contributed by atoms with Crippen LogP contribution in [-0.2, 0) is 14.8 Å². The molecule has 1 saturated heterocycles. The largest absolute Gasteiger partial charge is 0.449 e. The van der Waals surface area contributed by atoms with E-state index >= 15 is 0 Å². The number of morpholine rings is 1. The molecule has 0 bridgehead atoms. The van der Waals surface area contributed by atoms with E-state index in [0.717, 1.165) is 11.6 Å². The zero-order chi connectivity index (χ0) is 22.3. The fourth-order valence-electron chi connectivity index (χ4n) is 3.74. The third-order valence-electron chi connectivity index (χ3n) is 5.53. The Balaban J connectivity index is 1.85. The number of rotatable bonds is 4. The van der Waals surface area contributed by atoms with Crippen molar-refractivity contribution in [2.75, 3.05) is 31.0 Å². The highest BCUT2D eigenvalue weighted by atomic mass is 32.2. The predicted molar refractivity (Wildman–Crippen MR) is 114 cm³/mol. The van der Waals surface area contributed by atoms with E-state index in [2.05, 4.69) is 4.72 Å². The molecule has 0 aliphatic carbocycles. The quantitative estimate of drug-likeness (QED) is 0.659. The van der Waals surface area contributed by atoms with Crippen LogP contribution in [0.25, 0.3) is 11.0 Å². The van der Waals surface area contributed by atoms with Crippen LogP contribution in [-0.4, -0.2) is 45.5 Å². The van der Waals surface area contributed by atoms with E-state index in [0.29, 0.717) is 42.8 Å². The zero-order valence-corrected chi connectivity index (χ0v) is 18.3. The van der Waals surface area contributed by atoms with E-state index in [9.17, 15) is 17.6 Å². The first kappa shape index (κ1) is 21.3. The summed E-state index contributed by atoms with van der Waals surface area (Å²) in [6.07, 6.45) is 0. The van der Waals surface area contributed by atoms with E-state index in [-0.39, 0.29) is 27.8 Å². The first-order valence-electron chi connectivity index (χ1n) is 9.88. The number of halogens is 1. The summed E-state index contributed by atoms with van der Waals surface area (Å²) in [4.78, 5) is 14.6. The maximum absolute atomic E-state index is 13.6. The monoisotopic (exact) mass is 446 g/mol. The first-order valence-corrected chi connectivity index (χ1v) is 11.4. The summed E-state index contributed by atoms with van der Waals surface area (Å²) in [7, 11) is -4.12. The van der Waals surface area contributed by atoms with E-state index in [4.69, 9.17) is 9.15 Å². The van der Waals surface area contributed by atoms with Crippen LogP contribution in [0.15, 0.2) is 39.6 Å². The van der Waals surface area contributed by atoms with Gasteiger partial charge in [-0.3, -0.25) is 9.52 Å². The van der Waals surface area contributed by atoms with Gasteiger partial charge in [0, 0.05) is 24.0 Å². The number of hydrogen-bond acceptors (Lipinski definition) is 5. The molecule has 1 fully saturated rings. The van der Waals surface area contributed by atoms with Crippen molar-refractivity contribution >= 4 is 32.6 Å². The van der Waals surface area contributed by atoms with Crippen molar-refractivity contribution in [3.8, 4) is 0 Å². The van der Waals surface area contributed by atoms with Crippen LogP contribution in [0.2, 0.25) is 0 Å². The highest BCUT2D eigenvalue weighted by Gasteiger charge is 2.30. The number of aryl methyl sites for hydroxylation is 2. The molecule has 164 valence electrons. The lowest BCUT2D eigenvalue weighted by Gasteiger charge is -2.26. The van der Waals surface area contributed by atoms with Crippen LogP contribution in [0.5, 0.6) is 0 Å². The molecule has 0 atom stereocenters. The van der Waals surface area contributed by atoms with Gasteiger partial charge in [0.2, 0.25) is 0 Å². The molecule has 2 heterocycles. The number of anilines is 1. The number of benzene rings is 2. The molecule has 0 radical (unpaired) electrons. The minimum Gasteiger partial charge on any atom is -0.449 e. The second-order valence-electron chi connectivity index (χ2n) is 7.60. The van der Waals surface area contributed by atoms with Crippen molar-refractivity contribution < 1.29 is 26.8 Å². The molecule has 4 rings (SSSR count). The molecule has 3 aromatic rings. The van der Waals surface area contributed by atoms with Gasteiger partial charge >= 0.3 is 0 Å². The van der Waals surface area contributed by atoms with Gasteiger partial charge in [-0.1, -0.05) is 6.07 Å². The van der Waals surface area contributed by atoms with Gasteiger partial charge in [-0.25, -0.2) is 12.8 Å². The highest BCUT2D eigenvalue weighted by molar-refractivity contribution is 7.93. The number of carbonyl (C=O) groups is 1. The van der Waals surface area contributed by atoms with Crippen molar-refractivity contribution in [2.24, 2.45) is 0 Å². The van der Waals surface area contributed by atoms with Gasteiger partial charge < -0.3 is 14.1 Å².